The lowest BCUT2D eigenvalue weighted by Crippen LogP contribution is -2.20. The zero-order valence-electron chi connectivity index (χ0n) is 12.1. The summed E-state index contributed by atoms with van der Waals surface area (Å²) in [6, 6.07) is 13.5. The Bertz CT molecular complexity index is 706. The molecule has 2 aromatic rings. The summed E-state index contributed by atoms with van der Waals surface area (Å²) in [7, 11) is 0. The van der Waals surface area contributed by atoms with E-state index in [9.17, 15) is 9.18 Å². The molecule has 0 aliphatic heterocycles. The monoisotopic (exact) mass is 298 g/mol. The lowest BCUT2D eigenvalue weighted by Gasteiger charge is -2.08. The number of nitrogens with zero attached hydrogens (tertiary/aromatic N) is 1. The van der Waals surface area contributed by atoms with E-state index in [-0.39, 0.29) is 18.3 Å². The molecule has 0 unspecified atom stereocenters. The van der Waals surface area contributed by atoms with Gasteiger partial charge >= 0.3 is 0 Å². The molecule has 0 aliphatic carbocycles. The number of aryl methyl sites for hydroxylation is 1. The highest BCUT2D eigenvalue weighted by Gasteiger charge is 2.06. The number of hydrogen-bond donors (Lipinski definition) is 1. The summed E-state index contributed by atoms with van der Waals surface area (Å²) in [5, 5.41) is 11.1. The number of nitriles is 1. The minimum Gasteiger partial charge on any atom is -0.484 e. The molecule has 0 fully saturated rings. The first-order valence-electron chi connectivity index (χ1n) is 6.73. The highest BCUT2D eigenvalue weighted by atomic mass is 19.1. The van der Waals surface area contributed by atoms with E-state index in [1.165, 1.54) is 6.07 Å². The van der Waals surface area contributed by atoms with Crippen molar-refractivity contribution in [3.63, 3.8) is 0 Å². The van der Waals surface area contributed by atoms with Crippen LogP contribution in [0.1, 0.15) is 11.1 Å². The van der Waals surface area contributed by atoms with Crippen LogP contribution < -0.4 is 10.1 Å². The van der Waals surface area contributed by atoms with E-state index in [1.807, 2.05) is 0 Å². The van der Waals surface area contributed by atoms with Crippen molar-refractivity contribution < 1.29 is 13.9 Å². The molecule has 112 valence electrons. The van der Waals surface area contributed by atoms with Gasteiger partial charge < -0.3 is 10.1 Å². The maximum atomic E-state index is 13.4. The zero-order chi connectivity index (χ0) is 15.9. The Labute approximate surface area is 128 Å². The first kappa shape index (κ1) is 15.5. The van der Waals surface area contributed by atoms with Gasteiger partial charge in [0.2, 0.25) is 0 Å². The zero-order valence-corrected chi connectivity index (χ0v) is 12.1. The topological polar surface area (TPSA) is 62.1 Å². The smallest absolute Gasteiger partial charge is 0.262 e. The van der Waals surface area contributed by atoms with Crippen molar-refractivity contribution in [3.05, 3.63) is 59.4 Å². The minimum atomic E-state index is -0.371. The number of carbonyl (C=O) groups is 1. The Morgan fingerprint density at radius 3 is 2.64 bits per heavy atom. The van der Waals surface area contributed by atoms with Crippen LogP contribution in [0.4, 0.5) is 10.1 Å². The van der Waals surface area contributed by atoms with Gasteiger partial charge in [-0.2, -0.15) is 5.26 Å². The fraction of sp³-hybridized carbons (Fsp3) is 0.176. The molecule has 0 aromatic heterocycles. The van der Waals surface area contributed by atoms with Crippen LogP contribution in [0.25, 0.3) is 0 Å². The number of halogens is 1. The Kier molecular flexibility index (Phi) is 5.10. The summed E-state index contributed by atoms with van der Waals surface area (Å²) >= 11 is 0. The highest BCUT2D eigenvalue weighted by molar-refractivity contribution is 5.91. The van der Waals surface area contributed by atoms with Gasteiger partial charge in [0.1, 0.15) is 11.6 Å². The third-order valence-corrected chi connectivity index (χ3v) is 3.03. The fourth-order valence-electron chi connectivity index (χ4n) is 1.81. The molecule has 0 heterocycles. The number of carbonyl (C=O) groups excluding carboxylic acids is 1. The van der Waals surface area contributed by atoms with E-state index in [0.29, 0.717) is 23.4 Å². The standard InChI is InChI=1S/C17H15FN2O2/c1-12-2-5-14(10-16(12)18)20-17(21)11-22-15-6-3-13(4-7-15)8-9-19/h2-7,10H,8,11H2,1H3,(H,20,21). The maximum absolute atomic E-state index is 13.4. The van der Waals surface area contributed by atoms with Crippen molar-refractivity contribution in [1.82, 2.24) is 0 Å². The van der Waals surface area contributed by atoms with Crippen LogP contribution in [0, 0.1) is 24.1 Å². The Morgan fingerprint density at radius 1 is 1.27 bits per heavy atom. The van der Waals surface area contributed by atoms with E-state index >= 15 is 0 Å². The molecular weight excluding hydrogens is 283 g/mol. The molecule has 5 heteroatoms. The molecule has 0 atom stereocenters. The summed E-state index contributed by atoms with van der Waals surface area (Å²) < 4.78 is 18.7. The van der Waals surface area contributed by atoms with Gasteiger partial charge in [-0.25, -0.2) is 4.39 Å². The molecule has 22 heavy (non-hydrogen) atoms. The molecule has 2 rings (SSSR count). The molecular formula is C17H15FN2O2. The molecule has 0 radical (unpaired) electrons. The van der Waals surface area contributed by atoms with Gasteiger partial charge in [0.15, 0.2) is 6.61 Å². The molecule has 2 aromatic carbocycles. The largest absolute Gasteiger partial charge is 0.484 e. The van der Waals surface area contributed by atoms with Crippen LogP contribution in [0.5, 0.6) is 5.75 Å². The lowest BCUT2D eigenvalue weighted by atomic mass is 10.2. The fourth-order valence-corrected chi connectivity index (χ4v) is 1.81. The van der Waals surface area contributed by atoms with E-state index in [1.54, 1.807) is 43.3 Å². The van der Waals surface area contributed by atoms with Gasteiger partial charge in [-0.1, -0.05) is 18.2 Å². The van der Waals surface area contributed by atoms with Crippen LogP contribution in [-0.2, 0) is 11.2 Å². The minimum absolute atomic E-state index is 0.174. The van der Waals surface area contributed by atoms with Crippen LogP contribution in [-0.4, -0.2) is 12.5 Å². The number of benzene rings is 2. The van der Waals surface area contributed by atoms with Crippen LogP contribution in [0.3, 0.4) is 0 Å². The van der Waals surface area contributed by atoms with E-state index in [4.69, 9.17) is 10.00 Å². The molecule has 0 saturated heterocycles. The molecule has 0 spiro atoms. The molecule has 1 N–H and O–H groups in total. The Hall–Kier alpha value is -2.87. The van der Waals surface area contributed by atoms with E-state index in [2.05, 4.69) is 11.4 Å². The van der Waals surface area contributed by atoms with Crippen molar-refractivity contribution in [3.8, 4) is 11.8 Å². The van der Waals surface area contributed by atoms with Crippen LogP contribution in [0.2, 0.25) is 0 Å². The summed E-state index contributed by atoms with van der Waals surface area (Å²) in [6.45, 7) is 1.48. The van der Waals surface area contributed by atoms with Gasteiger partial charge in [-0.3, -0.25) is 4.79 Å². The van der Waals surface area contributed by atoms with Crippen molar-refractivity contribution in [2.45, 2.75) is 13.3 Å². The lowest BCUT2D eigenvalue weighted by molar-refractivity contribution is -0.118. The SMILES string of the molecule is Cc1ccc(NC(=O)COc2ccc(CC#N)cc2)cc1F. The number of amides is 1. The van der Waals surface area contributed by atoms with Crippen LogP contribution in [0.15, 0.2) is 42.5 Å². The molecule has 1 amide bonds. The normalized spacial score (nSPS) is 9.86. The van der Waals surface area contributed by atoms with E-state index in [0.717, 1.165) is 5.56 Å². The van der Waals surface area contributed by atoms with Gasteiger partial charge in [0.25, 0.3) is 5.91 Å². The number of nitrogens with one attached hydrogen (secondary N) is 1. The summed E-state index contributed by atoms with van der Waals surface area (Å²) in [4.78, 5) is 11.7. The third kappa shape index (κ3) is 4.32. The maximum Gasteiger partial charge on any atom is 0.262 e. The Morgan fingerprint density at radius 2 is 2.00 bits per heavy atom. The Balaban J connectivity index is 1.87. The molecule has 4 nitrogen and oxygen atoms in total. The van der Waals surface area contributed by atoms with Gasteiger partial charge in [-0.15, -0.1) is 0 Å². The average Bonchev–Trinajstić information content (AvgIpc) is 2.51. The summed E-state index contributed by atoms with van der Waals surface area (Å²) in [5.74, 6) is -0.205. The van der Waals surface area contributed by atoms with Crippen molar-refractivity contribution in [2.24, 2.45) is 0 Å². The second-order valence-electron chi connectivity index (χ2n) is 4.78. The van der Waals surface area contributed by atoms with Gasteiger partial charge in [0.05, 0.1) is 12.5 Å². The van der Waals surface area contributed by atoms with Crippen molar-refractivity contribution in [2.75, 3.05) is 11.9 Å². The molecule has 0 bridgehead atoms. The number of ether oxygens (including phenoxy) is 1. The number of anilines is 1. The quantitative estimate of drug-likeness (QED) is 0.922. The van der Waals surface area contributed by atoms with Crippen molar-refractivity contribution in [1.29, 1.82) is 5.26 Å². The van der Waals surface area contributed by atoms with Crippen LogP contribution >= 0.6 is 0 Å². The average molecular weight is 298 g/mol. The molecule has 0 saturated carbocycles. The number of rotatable bonds is 5. The predicted molar refractivity (Wildman–Crippen MR) is 81.0 cm³/mol. The highest BCUT2D eigenvalue weighted by Crippen LogP contribution is 2.15. The van der Waals surface area contributed by atoms with Crippen molar-refractivity contribution >= 4 is 11.6 Å². The summed E-state index contributed by atoms with van der Waals surface area (Å²) in [5.41, 5.74) is 1.79. The first-order chi connectivity index (χ1) is 10.6. The third-order valence-electron chi connectivity index (χ3n) is 3.03. The first-order valence-corrected chi connectivity index (χ1v) is 6.73. The molecule has 0 aliphatic rings. The van der Waals surface area contributed by atoms with E-state index < -0.39 is 0 Å². The number of hydrogen-bond acceptors (Lipinski definition) is 3. The predicted octanol–water partition coefficient (Wildman–Crippen LogP) is 3.22. The second-order valence-corrected chi connectivity index (χ2v) is 4.78. The summed E-state index contributed by atoms with van der Waals surface area (Å²) in [6.07, 6.45) is 0.333. The second kappa shape index (κ2) is 7.23. The van der Waals surface area contributed by atoms with Gasteiger partial charge in [0, 0.05) is 5.69 Å². The van der Waals surface area contributed by atoms with Gasteiger partial charge in [-0.05, 0) is 42.3 Å².